The fraction of sp³-hybridized carbons (Fsp3) is 0.533. The van der Waals surface area contributed by atoms with E-state index in [1.807, 2.05) is 20.8 Å². The van der Waals surface area contributed by atoms with Crippen LogP contribution in [0.3, 0.4) is 0 Å². The maximum Gasteiger partial charge on any atom is 0.410 e. The van der Waals surface area contributed by atoms with E-state index in [0.717, 1.165) is 24.0 Å². The highest BCUT2D eigenvalue weighted by molar-refractivity contribution is 5.68. The number of carbonyl (C=O) groups excluding carboxylic acids is 1. The number of ether oxygens (including phenoxy) is 1. The molecule has 1 amide bonds. The maximum atomic E-state index is 12.1. The van der Waals surface area contributed by atoms with Gasteiger partial charge in [-0.05, 0) is 44.7 Å². The summed E-state index contributed by atoms with van der Waals surface area (Å²) in [4.78, 5) is 24.2. The number of hydrogen-bond acceptors (Lipinski definition) is 4. The van der Waals surface area contributed by atoms with Crippen molar-refractivity contribution in [1.82, 2.24) is 4.90 Å². The van der Waals surface area contributed by atoms with Crippen LogP contribution in [-0.4, -0.2) is 28.1 Å². The summed E-state index contributed by atoms with van der Waals surface area (Å²) in [6, 6.07) is 4.82. The van der Waals surface area contributed by atoms with E-state index in [1.165, 1.54) is 6.07 Å². The van der Waals surface area contributed by atoms with Crippen molar-refractivity contribution in [2.75, 3.05) is 6.54 Å². The topological polar surface area (TPSA) is 72.7 Å². The van der Waals surface area contributed by atoms with Gasteiger partial charge in [0.15, 0.2) is 0 Å². The molecule has 0 N–H and O–H groups in total. The summed E-state index contributed by atoms with van der Waals surface area (Å²) in [5.41, 5.74) is 1.46. The summed E-state index contributed by atoms with van der Waals surface area (Å²) >= 11 is 0. The van der Waals surface area contributed by atoms with Gasteiger partial charge in [-0.15, -0.1) is 0 Å². The highest BCUT2D eigenvalue weighted by Gasteiger charge is 2.25. The molecule has 6 nitrogen and oxygen atoms in total. The first-order valence-corrected chi connectivity index (χ1v) is 7.00. The van der Waals surface area contributed by atoms with Crippen molar-refractivity contribution in [1.29, 1.82) is 0 Å². The summed E-state index contributed by atoms with van der Waals surface area (Å²) in [6.07, 6.45) is 1.16. The largest absolute Gasteiger partial charge is 0.444 e. The second-order valence-electron chi connectivity index (χ2n) is 6.22. The Kier molecular flexibility index (Phi) is 4.16. The van der Waals surface area contributed by atoms with E-state index in [9.17, 15) is 14.9 Å². The van der Waals surface area contributed by atoms with Gasteiger partial charge in [-0.25, -0.2) is 4.79 Å². The lowest BCUT2D eigenvalue weighted by Gasteiger charge is -2.26. The molecule has 0 atom stereocenters. The Hall–Kier alpha value is -2.11. The second kappa shape index (κ2) is 5.71. The summed E-state index contributed by atoms with van der Waals surface area (Å²) in [7, 11) is 0. The molecule has 1 aliphatic heterocycles. The van der Waals surface area contributed by atoms with Crippen molar-refractivity contribution in [2.45, 2.75) is 45.8 Å². The van der Waals surface area contributed by atoms with Crippen molar-refractivity contribution >= 4 is 11.8 Å². The van der Waals surface area contributed by atoms with Crippen LogP contribution in [0.15, 0.2) is 18.2 Å². The average Bonchev–Trinajstić information content (AvgIpc) is 2.57. The van der Waals surface area contributed by atoms with Gasteiger partial charge in [0.25, 0.3) is 5.69 Å². The number of aryl methyl sites for hydroxylation is 1. The van der Waals surface area contributed by atoms with Crippen molar-refractivity contribution < 1.29 is 14.5 Å². The molecular formula is C15H20N2O4. The Morgan fingerprint density at radius 3 is 2.67 bits per heavy atom. The van der Waals surface area contributed by atoms with Crippen LogP contribution in [0.5, 0.6) is 0 Å². The Balaban J connectivity index is 2.18. The minimum absolute atomic E-state index is 0.0967. The Bertz CT molecular complexity index is 563. The zero-order valence-electron chi connectivity index (χ0n) is 12.6. The van der Waals surface area contributed by atoms with Gasteiger partial charge >= 0.3 is 6.09 Å². The summed E-state index contributed by atoms with van der Waals surface area (Å²) in [5, 5.41) is 10.8. The molecule has 0 saturated heterocycles. The molecule has 21 heavy (non-hydrogen) atoms. The van der Waals surface area contributed by atoms with Crippen molar-refractivity contribution in [3.63, 3.8) is 0 Å². The third-order valence-electron chi connectivity index (χ3n) is 3.29. The number of fused-ring (bicyclic) bond motifs is 1. The molecule has 1 heterocycles. The number of benzene rings is 1. The monoisotopic (exact) mass is 292 g/mol. The lowest BCUT2D eigenvalue weighted by Crippen LogP contribution is -2.36. The molecule has 114 valence electrons. The smallest absolute Gasteiger partial charge is 0.410 e. The predicted octanol–water partition coefficient (Wildman–Crippen LogP) is 3.28. The molecule has 6 heteroatoms. The van der Waals surface area contributed by atoms with E-state index in [2.05, 4.69) is 0 Å². The van der Waals surface area contributed by atoms with E-state index in [0.29, 0.717) is 13.1 Å². The van der Waals surface area contributed by atoms with E-state index in [4.69, 9.17) is 4.74 Å². The molecule has 1 aliphatic rings. The van der Waals surface area contributed by atoms with Crippen molar-refractivity contribution in [3.05, 3.63) is 39.4 Å². The number of carbonyl (C=O) groups is 1. The highest BCUT2D eigenvalue weighted by atomic mass is 16.6. The quantitative estimate of drug-likeness (QED) is 0.588. The van der Waals surface area contributed by atoms with Gasteiger partial charge in [0.05, 0.1) is 4.92 Å². The highest BCUT2D eigenvalue weighted by Crippen LogP contribution is 2.24. The number of nitro benzene ring substituents is 1. The minimum Gasteiger partial charge on any atom is -0.444 e. The van der Waals surface area contributed by atoms with Crippen LogP contribution in [0, 0.1) is 10.1 Å². The summed E-state index contributed by atoms with van der Waals surface area (Å²) < 4.78 is 5.39. The fourth-order valence-corrected chi connectivity index (χ4v) is 2.34. The van der Waals surface area contributed by atoms with Gasteiger partial charge in [-0.3, -0.25) is 10.1 Å². The van der Waals surface area contributed by atoms with Gasteiger partial charge in [0.1, 0.15) is 5.60 Å². The van der Waals surface area contributed by atoms with Gasteiger partial charge in [-0.2, -0.15) is 0 Å². The Morgan fingerprint density at radius 2 is 2.05 bits per heavy atom. The number of non-ortho nitro benzene ring substituents is 1. The lowest BCUT2D eigenvalue weighted by atomic mass is 10.0. The Labute approximate surface area is 123 Å². The van der Waals surface area contributed by atoms with Crippen molar-refractivity contribution in [2.24, 2.45) is 0 Å². The molecule has 1 aromatic carbocycles. The van der Waals surface area contributed by atoms with Crippen LogP contribution in [0.4, 0.5) is 10.5 Å². The molecular weight excluding hydrogens is 272 g/mol. The first-order chi connectivity index (χ1) is 9.76. The van der Waals surface area contributed by atoms with Crippen LogP contribution >= 0.6 is 0 Å². The number of nitrogens with zero attached hydrogens (tertiary/aromatic N) is 2. The zero-order valence-corrected chi connectivity index (χ0v) is 12.6. The third-order valence-corrected chi connectivity index (χ3v) is 3.29. The number of amides is 1. The zero-order chi connectivity index (χ0) is 15.6. The summed E-state index contributed by atoms with van der Waals surface area (Å²) in [5.74, 6) is 0. The normalized spacial score (nSPS) is 15.1. The maximum absolute atomic E-state index is 12.1. The lowest BCUT2D eigenvalue weighted by molar-refractivity contribution is -0.384. The molecule has 1 aromatic rings. The van der Waals surface area contributed by atoms with Gasteiger partial charge in [0, 0.05) is 25.2 Å². The minimum atomic E-state index is -0.526. The number of nitro groups is 1. The SMILES string of the molecule is CC(C)(C)OC(=O)N1CCCc2cc([N+](=O)[O-])ccc2C1. The fourth-order valence-electron chi connectivity index (χ4n) is 2.34. The number of hydrogen-bond donors (Lipinski definition) is 0. The van der Waals surface area contributed by atoms with Crippen LogP contribution in [0.1, 0.15) is 38.3 Å². The molecule has 0 aromatic heterocycles. The molecule has 0 unspecified atom stereocenters. The molecule has 0 fully saturated rings. The van der Waals surface area contributed by atoms with E-state index in [1.54, 1.807) is 17.0 Å². The van der Waals surface area contributed by atoms with Crippen molar-refractivity contribution in [3.8, 4) is 0 Å². The first-order valence-electron chi connectivity index (χ1n) is 7.00. The van der Waals surface area contributed by atoms with Gasteiger partial charge in [0.2, 0.25) is 0 Å². The molecule has 0 radical (unpaired) electrons. The van der Waals surface area contributed by atoms with Gasteiger partial charge < -0.3 is 9.64 Å². The number of rotatable bonds is 1. The predicted molar refractivity (Wildman–Crippen MR) is 78.1 cm³/mol. The van der Waals surface area contributed by atoms with E-state index < -0.39 is 10.5 Å². The third kappa shape index (κ3) is 3.93. The average molecular weight is 292 g/mol. The molecule has 0 spiro atoms. The molecule has 0 aliphatic carbocycles. The van der Waals surface area contributed by atoms with E-state index >= 15 is 0 Å². The Morgan fingerprint density at radius 1 is 1.33 bits per heavy atom. The standard InChI is InChI=1S/C15H20N2O4/c1-15(2,3)21-14(18)16-8-4-5-11-9-13(17(19)20)7-6-12(11)10-16/h6-7,9H,4-5,8,10H2,1-3H3. The molecule has 0 bridgehead atoms. The van der Waals surface area contributed by atoms with Crippen LogP contribution < -0.4 is 0 Å². The van der Waals surface area contributed by atoms with Crippen LogP contribution in [0.2, 0.25) is 0 Å². The first kappa shape index (κ1) is 15.3. The molecule has 0 saturated carbocycles. The van der Waals surface area contributed by atoms with Gasteiger partial charge in [-0.1, -0.05) is 6.07 Å². The molecule has 2 rings (SSSR count). The van der Waals surface area contributed by atoms with E-state index in [-0.39, 0.29) is 11.8 Å². The van der Waals surface area contributed by atoms with Crippen LogP contribution in [-0.2, 0) is 17.7 Å². The van der Waals surface area contributed by atoms with Crippen LogP contribution in [0.25, 0.3) is 0 Å². The summed E-state index contributed by atoms with van der Waals surface area (Å²) in [6.45, 7) is 6.53. The second-order valence-corrected chi connectivity index (χ2v) is 6.22.